The summed E-state index contributed by atoms with van der Waals surface area (Å²) in [6.45, 7) is 6.13. The molecular weight excluding hydrogens is 164 g/mol. The molecule has 0 bridgehead atoms. The summed E-state index contributed by atoms with van der Waals surface area (Å²) in [5.41, 5.74) is 6.18. The van der Waals surface area contributed by atoms with Crippen molar-refractivity contribution in [3.63, 3.8) is 0 Å². The van der Waals surface area contributed by atoms with E-state index in [0.29, 0.717) is 0 Å². The second kappa shape index (κ2) is 3.56. The largest absolute Gasteiger partial charge is 0.379 e. The van der Waals surface area contributed by atoms with E-state index in [1.165, 1.54) is 19.4 Å². The molecule has 0 aromatic heterocycles. The highest BCUT2D eigenvalue weighted by Gasteiger charge is 2.34. The first-order valence-electron chi connectivity index (χ1n) is 5.30. The molecule has 0 aliphatic carbocycles. The average Bonchev–Trinajstić information content (AvgIpc) is 2.64. The Morgan fingerprint density at radius 3 is 3.00 bits per heavy atom. The van der Waals surface area contributed by atoms with Gasteiger partial charge < -0.3 is 10.5 Å². The first kappa shape index (κ1) is 9.44. The summed E-state index contributed by atoms with van der Waals surface area (Å²) < 4.78 is 5.35. The van der Waals surface area contributed by atoms with Crippen LogP contribution in [0.1, 0.15) is 26.2 Å². The predicted octanol–water partition coefficient (Wildman–Crippen LogP) is 0.588. The van der Waals surface area contributed by atoms with Crippen molar-refractivity contribution >= 4 is 0 Å². The van der Waals surface area contributed by atoms with Crippen molar-refractivity contribution in [1.82, 2.24) is 4.90 Å². The van der Waals surface area contributed by atoms with Crippen LogP contribution >= 0.6 is 0 Å². The van der Waals surface area contributed by atoms with Crippen LogP contribution in [0.2, 0.25) is 0 Å². The van der Waals surface area contributed by atoms with Gasteiger partial charge in [0, 0.05) is 19.2 Å². The SMILES string of the molecule is CC1CCCN1CC1(N)CCOC1. The van der Waals surface area contributed by atoms with E-state index >= 15 is 0 Å². The van der Waals surface area contributed by atoms with Crippen LogP contribution in [0.3, 0.4) is 0 Å². The molecule has 0 spiro atoms. The van der Waals surface area contributed by atoms with Crippen molar-refractivity contribution in [2.45, 2.75) is 37.8 Å². The molecule has 13 heavy (non-hydrogen) atoms. The summed E-state index contributed by atoms with van der Waals surface area (Å²) in [5.74, 6) is 0. The topological polar surface area (TPSA) is 38.5 Å². The second-order valence-electron chi connectivity index (χ2n) is 4.63. The van der Waals surface area contributed by atoms with Gasteiger partial charge in [-0.25, -0.2) is 0 Å². The molecular formula is C10H20N2O. The van der Waals surface area contributed by atoms with Gasteiger partial charge in [-0.05, 0) is 32.7 Å². The zero-order valence-corrected chi connectivity index (χ0v) is 8.46. The number of hydrogen-bond donors (Lipinski definition) is 1. The molecule has 2 heterocycles. The lowest BCUT2D eigenvalue weighted by atomic mass is 9.99. The molecule has 2 N–H and O–H groups in total. The molecule has 2 aliphatic rings. The van der Waals surface area contributed by atoms with Gasteiger partial charge in [0.1, 0.15) is 0 Å². The highest BCUT2D eigenvalue weighted by molar-refractivity contribution is 4.93. The number of hydrogen-bond acceptors (Lipinski definition) is 3. The Morgan fingerprint density at radius 1 is 1.62 bits per heavy atom. The Bertz CT molecular complexity index is 178. The standard InChI is InChI=1S/C10H20N2O/c1-9-3-2-5-12(9)7-10(11)4-6-13-8-10/h9H,2-8,11H2,1H3. The fraction of sp³-hybridized carbons (Fsp3) is 1.00. The maximum atomic E-state index is 6.23. The van der Waals surface area contributed by atoms with E-state index in [2.05, 4.69) is 11.8 Å². The molecule has 0 amide bonds. The van der Waals surface area contributed by atoms with Gasteiger partial charge in [-0.3, -0.25) is 4.90 Å². The summed E-state index contributed by atoms with van der Waals surface area (Å²) in [7, 11) is 0. The first-order chi connectivity index (χ1) is 6.20. The lowest BCUT2D eigenvalue weighted by Gasteiger charge is -2.30. The molecule has 2 fully saturated rings. The lowest BCUT2D eigenvalue weighted by Crippen LogP contribution is -2.51. The lowest BCUT2D eigenvalue weighted by molar-refractivity contribution is 0.150. The molecule has 0 saturated carbocycles. The molecule has 2 aliphatic heterocycles. The van der Waals surface area contributed by atoms with Crippen molar-refractivity contribution in [3.8, 4) is 0 Å². The third-order valence-electron chi connectivity index (χ3n) is 3.34. The minimum atomic E-state index is -0.0569. The van der Waals surface area contributed by atoms with E-state index in [0.717, 1.165) is 32.2 Å². The minimum absolute atomic E-state index is 0.0569. The zero-order valence-electron chi connectivity index (χ0n) is 8.46. The Balaban J connectivity index is 1.88. The van der Waals surface area contributed by atoms with Crippen molar-refractivity contribution in [2.24, 2.45) is 5.73 Å². The molecule has 3 heteroatoms. The van der Waals surface area contributed by atoms with Gasteiger partial charge in [0.2, 0.25) is 0 Å². The predicted molar refractivity (Wildman–Crippen MR) is 52.6 cm³/mol. The normalized spacial score (nSPS) is 41.5. The van der Waals surface area contributed by atoms with Gasteiger partial charge in [0.15, 0.2) is 0 Å². The van der Waals surface area contributed by atoms with E-state index < -0.39 is 0 Å². The monoisotopic (exact) mass is 184 g/mol. The number of nitrogens with zero attached hydrogens (tertiary/aromatic N) is 1. The molecule has 76 valence electrons. The van der Waals surface area contributed by atoms with E-state index in [4.69, 9.17) is 10.5 Å². The highest BCUT2D eigenvalue weighted by Crippen LogP contribution is 2.22. The van der Waals surface area contributed by atoms with Gasteiger partial charge in [-0.15, -0.1) is 0 Å². The fourth-order valence-electron chi connectivity index (χ4n) is 2.38. The molecule has 2 atom stereocenters. The zero-order chi connectivity index (χ0) is 9.31. The summed E-state index contributed by atoms with van der Waals surface area (Å²) >= 11 is 0. The van der Waals surface area contributed by atoms with E-state index in [1.807, 2.05) is 0 Å². The van der Waals surface area contributed by atoms with Crippen molar-refractivity contribution in [2.75, 3.05) is 26.3 Å². The first-order valence-corrected chi connectivity index (χ1v) is 5.30. The fourth-order valence-corrected chi connectivity index (χ4v) is 2.38. The van der Waals surface area contributed by atoms with Crippen LogP contribution in [0, 0.1) is 0 Å². The summed E-state index contributed by atoms with van der Waals surface area (Å²) in [5, 5.41) is 0. The van der Waals surface area contributed by atoms with E-state index in [-0.39, 0.29) is 5.54 Å². The van der Waals surface area contributed by atoms with Crippen LogP contribution in [0.5, 0.6) is 0 Å². The van der Waals surface area contributed by atoms with Gasteiger partial charge in [-0.1, -0.05) is 0 Å². The van der Waals surface area contributed by atoms with Gasteiger partial charge in [0.05, 0.1) is 12.1 Å². The van der Waals surface area contributed by atoms with Crippen LogP contribution < -0.4 is 5.73 Å². The minimum Gasteiger partial charge on any atom is -0.379 e. The van der Waals surface area contributed by atoms with Crippen molar-refractivity contribution in [3.05, 3.63) is 0 Å². The Hall–Kier alpha value is -0.120. The molecule has 0 radical (unpaired) electrons. The molecule has 3 nitrogen and oxygen atoms in total. The van der Waals surface area contributed by atoms with Gasteiger partial charge in [0.25, 0.3) is 0 Å². The molecule has 2 unspecified atom stereocenters. The maximum Gasteiger partial charge on any atom is 0.0659 e. The van der Waals surface area contributed by atoms with Gasteiger partial charge in [-0.2, -0.15) is 0 Å². The molecule has 2 saturated heterocycles. The third-order valence-corrected chi connectivity index (χ3v) is 3.34. The van der Waals surface area contributed by atoms with Crippen molar-refractivity contribution < 1.29 is 4.74 Å². The quantitative estimate of drug-likeness (QED) is 0.682. The number of likely N-dealkylation sites (tertiary alicyclic amines) is 1. The average molecular weight is 184 g/mol. The second-order valence-corrected chi connectivity index (χ2v) is 4.63. The maximum absolute atomic E-state index is 6.23. The highest BCUT2D eigenvalue weighted by atomic mass is 16.5. The summed E-state index contributed by atoms with van der Waals surface area (Å²) in [6, 6.07) is 0.723. The molecule has 0 aromatic carbocycles. The van der Waals surface area contributed by atoms with Gasteiger partial charge >= 0.3 is 0 Å². The van der Waals surface area contributed by atoms with Crippen LogP contribution in [0.15, 0.2) is 0 Å². The smallest absolute Gasteiger partial charge is 0.0659 e. The Labute approximate surface area is 80.2 Å². The van der Waals surface area contributed by atoms with Crippen LogP contribution in [-0.4, -0.2) is 42.8 Å². The van der Waals surface area contributed by atoms with Crippen LogP contribution in [0.25, 0.3) is 0 Å². The summed E-state index contributed by atoms with van der Waals surface area (Å²) in [4.78, 5) is 2.51. The third kappa shape index (κ3) is 2.03. The Morgan fingerprint density at radius 2 is 2.46 bits per heavy atom. The molecule has 2 rings (SSSR count). The number of ether oxygens (including phenoxy) is 1. The van der Waals surface area contributed by atoms with Crippen LogP contribution in [-0.2, 0) is 4.74 Å². The summed E-state index contributed by atoms with van der Waals surface area (Å²) in [6.07, 6.45) is 3.69. The van der Waals surface area contributed by atoms with E-state index in [1.54, 1.807) is 0 Å². The number of rotatable bonds is 2. The Kier molecular flexibility index (Phi) is 2.58. The van der Waals surface area contributed by atoms with Crippen molar-refractivity contribution in [1.29, 1.82) is 0 Å². The van der Waals surface area contributed by atoms with Crippen LogP contribution in [0.4, 0.5) is 0 Å². The number of nitrogens with two attached hydrogens (primary N) is 1. The molecule has 0 aromatic rings. The van der Waals surface area contributed by atoms with E-state index in [9.17, 15) is 0 Å².